The molecular weight excluding hydrogens is 322 g/mol. The molecule has 0 bridgehead atoms. The number of hydrogen-bond acceptors (Lipinski definition) is 4. The Kier molecular flexibility index (Phi) is 4.11. The van der Waals surface area contributed by atoms with Gasteiger partial charge in [-0.05, 0) is 17.7 Å². The van der Waals surface area contributed by atoms with Gasteiger partial charge in [0.05, 0.1) is 23.2 Å². The Hall–Kier alpha value is -3.03. The van der Waals surface area contributed by atoms with E-state index in [0.717, 1.165) is 0 Å². The number of halogens is 2. The third kappa shape index (κ3) is 3.03. The lowest BCUT2D eigenvalue weighted by Crippen LogP contribution is -2.38. The normalized spacial score (nSPS) is 13.6. The first-order chi connectivity index (χ1) is 11.5. The minimum atomic E-state index is -2.60. The molecule has 1 aliphatic rings. The van der Waals surface area contributed by atoms with Gasteiger partial charge in [-0.15, -0.1) is 0 Å². The van der Waals surface area contributed by atoms with E-state index >= 15 is 0 Å². The van der Waals surface area contributed by atoms with Crippen LogP contribution in [0.1, 0.15) is 17.6 Å². The lowest BCUT2D eigenvalue weighted by molar-refractivity contribution is -0.384. The van der Waals surface area contributed by atoms with Crippen LogP contribution in [0.4, 0.5) is 20.2 Å². The Morgan fingerprint density at radius 1 is 1.25 bits per heavy atom. The van der Waals surface area contributed by atoms with Crippen LogP contribution in [-0.4, -0.2) is 17.4 Å². The third-order valence-electron chi connectivity index (χ3n) is 3.64. The number of amides is 1. The van der Waals surface area contributed by atoms with Crippen LogP contribution in [0, 0.1) is 10.1 Å². The number of rotatable bonds is 4. The number of non-ortho nitro benzene ring substituents is 1. The molecule has 0 aromatic heterocycles. The summed E-state index contributed by atoms with van der Waals surface area (Å²) in [6.45, 7) is -0.184. The van der Waals surface area contributed by atoms with Gasteiger partial charge in [0.1, 0.15) is 0 Å². The van der Waals surface area contributed by atoms with Crippen LogP contribution in [0.5, 0.6) is 5.75 Å². The molecule has 0 atom stereocenters. The van der Waals surface area contributed by atoms with Gasteiger partial charge in [-0.3, -0.25) is 14.9 Å². The highest BCUT2D eigenvalue weighted by atomic mass is 19.3. The van der Waals surface area contributed by atoms with Crippen molar-refractivity contribution in [1.29, 1.82) is 0 Å². The number of alkyl halides is 2. The van der Waals surface area contributed by atoms with E-state index in [2.05, 4.69) is 0 Å². The van der Waals surface area contributed by atoms with Crippen molar-refractivity contribution in [2.24, 2.45) is 0 Å². The smallest absolute Gasteiger partial charge is 0.273 e. The zero-order valence-electron chi connectivity index (χ0n) is 12.3. The monoisotopic (exact) mass is 334 g/mol. The highest BCUT2D eigenvalue weighted by Crippen LogP contribution is 2.36. The van der Waals surface area contributed by atoms with E-state index in [1.54, 1.807) is 6.07 Å². The topological polar surface area (TPSA) is 72.7 Å². The maximum absolute atomic E-state index is 12.8. The molecule has 0 N–H and O–H groups in total. The number of nitro groups is 1. The summed E-state index contributed by atoms with van der Waals surface area (Å²) < 4.78 is 30.8. The van der Waals surface area contributed by atoms with Crippen LogP contribution < -0.4 is 9.64 Å². The van der Waals surface area contributed by atoms with Gasteiger partial charge in [-0.1, -0.05) is 18.2 Å². The standard InChI is InChI=1S/C16H12F2N2O4/c17-16(18)11-3-1-2-10(6-11)8-19-13-5-4-12(20(22)23)7-14(13)24-9-15(19)21/h1-7,16H,8-9H2. The van der Waals surface area contributed by atoms with Crippen LogP contribution in [0.2, 0.25) is 0 Å². The second-order valence-electron chi connectivity index (χ2n) is 5.22. The van der Waals surface area contributed by atoms with Crippen molar-refractivity contribution in [1.82, 2.24) is 0 Å². The zero-order valence-corrected chi connectivity index (χ0v) is 12.3. The molecule has 1 aliphatic heterocycles. The van der Waals surface area contributed by atoms with Crippen LogP contribution in [0.25, 0.3) is 0 Å². The molecule has 0 unspecified atom stereocenters. The fraction of sp³-hybridized carbons (Fsp3) is 0.188. The predicted octanol–water partition coefficient (Wildman–Crippen LogP) is 3.46. The van der Waals surface area contributed by atoms with Gasteiger partial charge < -0.3 is 9.64 Å². The van der Waals surface area contributed by atoms with Crippen molar-refractivity contribution in [3.8, 4) is 5.75 Å². The molecule has 3 rings (SSSR count). The summed E-state index contributed by atoms with van der Waals surface area (Å²) in [7, 11) is 0. The van der Waals surface area contributed by atoms with Crippen molar-refractivity contribution in [3.05, 3.63) is 63.7 Å². The molecular formula is C16H12F2N2O4. The first-order valence-corrected chi connectivity index (χ1v) is 7.04. The molecule has 24 heavy (non-hydrogen) atoms. The van der Waals surface area contributed by atoms with Crippen molar-refractivity contribution in [3.63, 3.8) is 0 Å². The second-order valence-corrected chi connectivity index (χ2v) is 5.22. The molecule has 0 spiro atoms. The SMILES string of the molecule is O=C1COc2cc([N+](=O)[O-])ccc2N1Cc1cccc(C(F)F)c1. The molecule has 0 fully saturated rings. The third-order valence-corrected chi connectivity index (χ3v) is 3.64. The number of nitrogens with zero attached hydrogens (tertiary/aromatic N) is 2. The van der Waals surface area contributed by atoms with Crippen LogP contribution in [0.3, 0.4) is 0 Å². The molecule has 0 saturated heterocycles. The maximum atomic E-state index is 12.8. The van der Waals surface area contributed by atoms with E-state index in [9.17, 15) is 23.7 Å². The van der Waals surface area contributed by atoms with Crippen molar-refractivity contribution in [2.45, 2.75) is 13.0 Å². The van der Waals surface area contributed by atoms with Gasteiger partial charge in [-0.25, -0.2) is 8.78 Å². The number of anilines is 1. The summed E-state index contributed by atoms with van der Waals surface area (Å²) in [5.74, 6) is -0.132. The fourth-order valence-corrected chi connectivity index (χ4v) is 2.49. The Bertz CT molecular complexity index is 810. The molecule has 6 nitrogen and oxygen atoms in total. The molecule has 2 aromatic carbocycles. The van der Waals surface area contributed by atoms with Gasteiger partial charge in [0.25, 0.3) is 18.0 Å². The lowest BCUT2D eigenvalue weighted by atomic mass is 10.1. The molecule has 8 heteroatoms. The van der Waals surface area contributed by atoms with Crippen LogP contribution in [0.15, 0.2) is 42.5 Å². The molecule has 0 aliphatic carbocycles. The van der Waals surface area contributed by atoms with E-state index < -0.39 is 11.3 Å². The molecule has 1 amide bonds. The number of ether oxygens (including phenoxy) is 1. The number of carbonyl (C=O) groups excluding carboxylic acids is 1. The van der Waals surface area contributed by atoms with Gasteiger partial charge >= 0.3 is 0 Å². The van der Waals surface area contributed by atoms with E-state index in [4.69, 9.17) is 4.74 Å². The van der Waals surface area contributed by atoms with Gasteiger partial charge in [0.2, 0.25) is 0 Å². The molecule has 124 valence electrons. The Balaban J connectivity index is 1.93. The predicted molar refractivity (Wildman–Crippen MR) is 81.2 cm³/mol. The van der Waals surface area contributed by atoms with Crippen LogP contribution >= 0.6 is 0 Å². The number of benzene rings is 2. The number of nitro benzene ring substituents is 1. The quantitative estimate of drug-likeness (QED) is 0.634. The van der Waals surface area contributed by atoms with E-state index in [1.807, 2.05) is 0 Å². The average molecular weight is 334 g/mol. The van der Waals surface area contributed by atoms with Crippen LogP contribution in [-0.2, 0) is 11.3 Å². The summed E-state index contributed by atoms with van der Waals surface area (Å²) in [5, 5.41) is 10.8. The van der Waals surface area contributed by atoms with Gasteiger partial charge in [0, 0.05) is 11.6 Å². The molecule has 2 aromatic rings. The number of carbonyl (C=O) groups is 1. The van der Waals surface area contributed by atoms with E-state index in [1.165, 1.54) is 41.3 Å². The zero-order chi connectivity index (χ0) is 17.3. The molecule has 0 saturated carbocycles. The summed E-state index contributed by atoms with van der Waals surface area (Å²) >= 11 is 0. The first-order valence-electron chi connectivity index (χ1n) is 7.04. The highest BCUT2D eigenvalue weighted by molar-refractivity contribution is 5.98. The fourth-order valence-electron chi connectivity index (χ4n) is 2.49. The number of fused-ring (bicyclic) bond motifs is 1. The summed E-state index contributed by atoms with van der Waals surface area (Å²) in [6, 6.07) is 9.71. The molecule has 0 radical (unpaired) electrons. The van der Waals surface area contributed by atoms with Crippen molar-refractivity contribution < 1.29 is 23.2 Å². The Morgan fingerprint density at radius 3 is 2.75 bits per heavy atom. The minimum absolute atomic E-state index is 0.0769. The summed E-state index contributed by atoms with van der Waals surface area (Å²) in [6.07, 6.45) is -2.60. The molecule has 1 heterocycles. The first kappa shape index (κ1) is 15.9. The minimum Gasteiger partial charge on any atom is -0.481 e. The Labute approximate surface area is 135 Å². The van der Waals surface area contributed by atoms with Crippen molar-refractivity contribution >= 4 is 17.3 Å². The van der Waals surface area contributed by atoms with E-state index in [0.29, 0.717) is 11.3 Å². The highest BCUT2D eigenvalue weighted by Gasteiger charge is 2.27. The van der Waals surface area contributed by atoms with E-state index in [-0.39, 0.29) is 36.1 Å². The Morgan fingerprint density at radius 2 is 2.04 bits per heavy atom. The summed E-state index contributed by atoms with van der Waals surface area (Å²) in [5.41, 5.74) is 0.631. The van der Waals surface area contributed by atoms with Gasteiger partial charge in [0.15, 0.2) is 12.4 Å². The largest absolute Gasteiger partial charge is 0.481 e. The lowest BCUT2D eigenvalue weighted by Gasteiger charge is -2.29. The van der Waals surface area contributed by atoms with Gasteiger partial charge in [-0.2, -0.15) is 0 Å². The number of hydrogen-bond donors (Lipinski definition) is 0. The summed E-state index contributed by atoms with van der Waals surface area (Å²) in [4.78, 5) is 23.8. The van der Waals surface area contributed by atoms with Crippen molar-refractivity contribution in [2.75, 3.05) is 11.5 Å². The average Bonchev–Trinajstić information content (AvgIpc) is 2.57. The maximum Gasteiger partial charge on any atom is 0.273 e. The second kappa shape index (κ2) is 6.23.